The van der Waals surface area contributed by atoms with Gasteiger partial charge < -0.3 is 19.3 Å². The number of hydrogen-bond donors (Lipinski definition) is 1. The molecule has 0 saturated carbocycles. The van der Waals surface area contributed by atoms with Gasteiger partial charge in [0.05, 0.1) is 36.8 Å². The van der Waals surface area contributed by atoms with E-state index in [0.717, 1.165) is 35.5 Å². The Bertz CT molecular complexity index is 1020. The number of aliphatic hydroxyl groups excluding tert-OH is 1. The first-order valence-electron chi connectivity index (χ1n) is 12.5. The standard InChI is InChI=1S/C28H39N3O4/c1-6-21(4)30(18-23(32)20-34-8-3)19-26-27(7-2)29-31(22-12-10-9-11-13-22)28(26)35-25-16-14-24(33-5)15-17-25/h9-17,21,23,32H,6-8,18-20H2,1-5H3/t21-,23+/m0/s1. The molecule has 35 heavy (non-hydrogen) atoms. The normalized spacial score (nSPS) is 13.1. The SMILES string of the molecule is CCOC[C@H](O)CN(Cc1c(CC)nn(-c2ccccc2)c1Oc1ccc(OC)cc1)[C@@H](C)CC. The minimum atomic E-state index is -0.566. The first-order chi connectivity index (χ1) is 17.0. The number of aromatic nitrogens is 2. The molecular formula is C28H39N3O4. The second-order valence-corrected chi connectivity index (χ2v) is 8.61. The summed E-state index contributed by atoms with van der Waals surface area (Å²) in [7, 11) is 1.65. The summed E-state index contributed by atoms with van der Waals surface area (Å²) in [4.78, 5) is 2.29. The monoisotopic (exact) mass is 481 g/mol. The van der Waals surface area contributed by atoms with Gasteiger partial charge in [-0.05, 0) is 63.1 Å². The number of para-hydroxylation sites is 1. The van der Waals surface area contributed by atoms with E-state index in [2.05, 4.69) is 25.7 Å². The molecule has 2 atom stereocenters. The highest BCUT2D eigenvalue weighted by Gasteiger charge is 2.25. The number of ether oxygens (including phenoxy) is 3. The smallest absolute Gasteiger partial charge is 0.227 e. The van der Waals surface area contributed by atoms with Gasteiger partial charge in [-0.1, -0.05) is 32.0 Å². The number of aliphatic hydroxyl groups is 1. The Morgan fingerprint density at radius 1 is 1.00 bits per heavy atom. The molecule has 3 rings (SSSR count). The molecule has 1 aromatic heterocycles. The molecule has 0 radical (unpaired) electrons. The van der Waals surface area contributed by atoms with Crippen LogP contribution < -0.4 is 9.47 Å². The number of rotatable bonds is 14. The molecule has 0 amide bonds. The van der Waals surface area contributed by atoms with Crippen molar-refractivity contribution in [2.45, 2.75) is 59.2 Å². The Balaban J connectivity index is 2.02. The molecule has 7 heteroatoms. The maximum atomic E-state index is 10.6. The van der Waals surface area contributed by atoms with E-state index in [9.17, 15) is 5.11 Å². The lowest BCUT2D eigenvalue weighted by Gasteiger charge is -2.30. The van der Waals surface area contributed by atoms with Crippen molar-refractivity contribution in [2.75, 3.05) is 26.9 Å². The van der Waals surface area contributed by atoms with Gasteiger partial charge in [-0.25, -0.2) is 4.68 Å². The van der Waals surface area contributed by atoms with Crippen LogP contribution in [0.4, 0.5) is 0 Å². The molecule has 0 unspecified atom stereocenters. The summed E-state index contributed by atoms with van der Waals surface area (Å²) in [6, 6.07) is 17.9. The van der Waals surface area contributed by atoms with Gasteiger partial charge in [0.1, 0.15) is 11.5 Å². The molecule has 0 aliphatic carbocycles. The Labute approximate surface area is 209 Å². The van der Waals surface area contributed by atoms with Crippen LogP contribution >= 0.6 is 0 Å². The van der Waals surface area contributed by atoms with Crippen molar-refractivity contribution in [3.8, 4) is 23.1 Å². The van der Waals surface area contributed by atoms with Crippen molar-refractivity contribution in [1.29, 1.82) is 0 Å². The Morgan fingerprint density at radius 3 is 2.29 bits per heavy atom. The molecule has 190 valence electrons. The molecule has 2 aromatic carbocycles. The van der Waals surface area contributed by atoms with E-state index in [-0.39, 0.29) is 6.04 Å². The Kier molecular flexibility index (Phi) is 10.1. The number of hydrogen-bond acceptors (Lipinski definition) is 6. The average molecular weight is 482 g/mol. The molecule has 0 bridgehead atoms. The average Bonchev–Trinajstić information content (AvgIpc) is 3.24. The van der Waals surface area contributed by atoms with Crippen LogP contribution in [0.3, 0.4) is 0 Å². The lowest BCUT2D eigenvalue weighted by molar-refractivity contribution is 0.0111. The molecule has 1 heterocycles. The van der Waals surface area contributed by atoms with Crippen molar-refractivity contribution in [2.24, 2.45) is 0 Å². The second kappa shape index (κ2) is 13.3. The summed E-state index contributed by atoms with van der Waals surface area (Å²) >= 11 is 0. The van der Waals surface area contributed by atoms with E-state index < -0.39 is 6.10 Å². The zero-order valence-corrected chi connectivity index (χ0v) is 21.6. The quantitative estimate of drug-likeness (QED) is 0.340. The maximum Gasteiger partial charge on any atom is 0.227 e. The van der Waals surface area contributed by atoms with Gasteiger partial charge in [0, 0.05) is 25.7 Å². The highest BCUT2D eigenvalue weighted by atomic mass is 16.5. The molecular weight excluding hydrogens is 442 g/mol. The van der Waals surface area contributed by atoms with Gasteiger partial charge in [-0.3, -0.25) is 4.90 Å². The van der Waals surface area contributed by atoms with Gasteiger partial charge in [0.15, 0.2) is 0 Å². The van der Waals surface area contributed by atoms with Gasteiger partial charge in [0.25, 0.3) is 0 Å². The van der Waals surface area contributed by atoms with E-state index in [1.807, 2.05) is 66.2 Å². The van der Waals surface area contributed by atoms with Crippen LogP contribution in [0.1, 0.15) is 45.4 Å². The van der Waals surface area contributed by atoms with E-state index in [1.165, 1.54) is 0 Å². The highest BCUT2D eigenvalue weighted by Crippen LogP contribution is 2.33. The third-order valence-corrected chi connectivity index (χ3v) is 6.16. The summed E-state index contributed by atoms with van der Waals surface area (Å²) < 4.78 is 19.1. The lowest BCUT2D eigenvalue weighted by Crippen LogP contribution is -2.40. The number of aryl methyl sites for hydroxylation is 1. The first kappa shape index (κ1) is 26.7. The summed E-state index contributed by atoms with van der Waals surface area (Å²) in [6.45, 7) is 10.4. The second-order valence-electron chi connectivity index (χ2n) is 8.61. The van der Waals surface area contributed by atoms with Crippen molar-refractivity contribution in [3.05, 3.63) is 65.9 Å². The molecule has 0 aliphatic heterocycles. The van der Waals surface area contributed by atoms with Crippen molar-refractivity contribution < 1.29 is 19.3 Å². The number of methoxy groups -OCH3 is 1. The predicted octanol–water partition coefficient (Wildman–Crippen LogP) is 5.23. The Morgan fingerprint density at radius 2 is 1.69 bits per heavy atom. The lowest BCUT2D eigenvalue weighted by atomic mass is 10.1. The summed E-state index contributed by atoms with van der Waals surface area (Å²) in [6.07, 6.45) is 1.16. The van der Waals surface area contributed by atoms with Crippen LogP contribution in [0.15, 0.2) is 54.6 Å². The zero-order chi connectivity index (χ0) is 25.2. The topological polar surface area (TPSA) is 69.0 Å². The molecule has 3 aromatic rings. The summed E-state index contributed by atoms with van der Waals surface area (Å²) in [5, 5.41) is 15.6. The fraction of sp³-hybridized carbons (Fsp3) is 0.464. The van der Waals surface area contributed by atoms with Crippen LogP contribution in [0.25, 0.3) is 5.69 Å². The fourth-order valence-electron chi connectivity index (χ4n) is 3.96. The van der Waals surface area contributed by atoms with E-state index in [0.29, 0.717) is 37.9 Å². The molecule has 0 fully saturated rings. The predicted molar refractivity (Wildman–Crippen MR) is 139 cm³/mol. The fourth-order valence-corrected chi connectivity index (χ4v) is 3.96. The van der Waals surface area contributed by atoms with Gasteiger partial charge in [-0.15, -0.1) is 0 Å². The number of nitrogens with zero attached hydrogens (tertiary/aromatic N) is 3. The van der Waals surface area contributed by atoms with Gasteiger partial charge in [-0.2, -0.15) is 5.10 Å². The van der Waals surface area contributed by atoms with E-state index in [1.54, 1.807) is 7.11 Å². The first-order valence-corrected chi connectivity index (χ1v) is 12.5. The van der Waals surface area contributed by atoms with Gasteiger partial charge in [0.2, 0.25) is 5.88 Å². The highest BCUT2D eigenvalue weighted by molar-refractivity contribution is 5.44. The zero-order valence-electron chi connectivity index (χ0n) is 21.6. The molecule has 7 nitrogen and oxygen atoms in total. The Hall–Kier alpha value is -2.87. The minimum Gasteiger partial charge on any atom is -0.497 e. The van der Waals surface area contributed by atoms with E-state index >= 15 is 0 Å². The van der Waals surface area contributed by atoms with Crippen molar-refractivity contribution >= 4 is 0 Å². The summed E-state index contributed by atoms with van der Waals surface area (Å²) in [5.41, 5.74) is 2.93. The maximum absolute atomic E-state index is 10.6. The van der Waals surface area contributed by atoms with Crippen molar-refractivity contribution in [3.63, 3.8) is 0 Å². The third kappa shape index (κ3) is 7.07. The largest absolute Gasteiger partial charge is 0.497 e. The van der Waals surface area contributed by atoms with Crippen LogP contribution in [0.5, 0.6) is 17.4 Å². The van der Waals surface area contributed by atoms with E-state index in [4.69, 9.17) is 19.3 Å². The van der Waals surface area contributed by atoms with Crippen LogP contribution in [-0.2, 0) is 17.7 Å². The van der Waals surface area contributed by atoms with Crippen LogP contribution in [0, 0.1) is 0 Å². The number of benzene rings is 2. The molecule has 0 spiro atoms. The summed E-state index contributed by atoms with van der Waals surface area (Å²) in [5.74, 6) is 2.17. The third-order valence-electron chi connectivity index (χ3n) is 6.16. The van der Waals surface area contributed by atoms with Crippen LogP contribution in [-0.4, -0.2) is 58.8 Å². The van der Waals surface area contributed by atoms with Crippen molar-refractivity contribution in [1.82, 2.24) is 14.7 Å². The van der Waals surface area contributed by atoms with Gasteiger partial charge >= 0.3 is 0 Å². The molecule has 0 saturated heterocycles. The molecule has 1 N–H and O–H groups in total. The minimum absolute atomic E-state index is 0.268. The molecule has 0 aliphatic rings. The van der Waals surface area contributed by atoms with Crippen LogP contribution in [0.2, 0.25) is 0 Å².